The van der Waals surface area contributed by atoms with Crippen LogP contribution in [0.15, 0.2) is 42.5 Å². The first kappa shape index (κ1) is 13.3. The Balaban J connectivity index is 2.40. The summed E-state index contributed by atoms with van der Waals surface area (Å²) in [7, 11) is 0. The van der Waals surface area contributed by atoms with Gasteiger partial charge in [-0.2, -0.15) is 0 Å². The van der Waals surface area contributed by atoms with Gasteiger partial charge < -0.3 is 16.9 Å². The molecule has 0 aliphatic heterocycles. The molecule has 0 aliphatic carbocycles. The smallest absolute Gasteiger partial charge is 0.0403 e. The third kappa shape index (κ3) is 2.83. The molecule has 3 nitrogen and oxygen atoms in total. The Morgan fingerprint density at radius 2 is 1.58 bits per heavy atom. The van der Waals surface area contributed by atoms with E-state index in [0.717, 1.165) is 22.3 Å². The van der Waals surface area contributed by atoms with Gasteiger partial charge in [0.2, 0.25) is 0 Å². The molecule has 0 heterocycles. The number of anilines is 1. The van der Waals surface area contributed by atoms with Gasteiger partial charge in [0.25, 0.3) is 0 Å². The monoisotopic (exact) mass is 253 g/mol. The largest absolute Gasteiger partial charge is 0.398 e. The predicted octanol–water partition coefficient (Wildman–Crippen LogP) is 3.13. The van der Waals surface area contributed by atoms with E-state index in [1.165, 1.54) is 6.21 Å². The average molecular weight is 253 g/mol. The van der Waals surface area contributed by atoms with Crippen molar-refractivity contribution in [2.45, 2.75) is 19.4 Å². The fourth-order valence-electron chi connectivity index (χ4n) is 1.97. The molecule has 0 unspecified atom stereocenters. The van der Waals surface area contributed by atoms with Crippen LogP contribution >= 0.6 is 0 Å². The zero-order valence-electron chi connectivity index (χ0n) is 11.3. The van der Waals surface area contributed by atoms with E-state index in [4.69, 9.17) is 16.9 Å². The minimum atomic E-state index is -0.334. The van der Waals surface area contributed by atoms with Gasteiger partial charge in [-0.1, -0.05) is 30.3 Å². The summed E-state index contributed by atoms with van der Waals surface area (Å²) in [5.74, 6) is 0. The summed E-state index contributed by atoms with van der Waals surface area (Å²) in [6.45, 7) is 3.97. The third-order valence-electron chi connectivity index (χ3n) is 3.20. The van der Waals surface area contributed by atoms with E-state index in [1.807, 2.05) is 56.3 Å². The quantitative estimate of drug-likeness (QED) is 0.580. The van der Waals surface area contributed by atoms with Gasteiger partial charge in [0.15, 0.2) is 0 Å². The molecular formula is C16H19N3. The van der Waals surface area contributed by atoms with Crippen molar-refractivity contribution in [2.24, 2.45) is 5.73 Å². The van der Waals surface area contributed by atoms with Crippen LogP contribution in [-0.4, -0.2) is 6.21 Å². The van der Waals surface area contributed by atoms with E-state index in [9.17, 15) is 0 Å². The molecule has 2 aromatic carbocycles. The van der Waals surface area contributed by atoms with Crippen LogP contribution in [0.25, 0.3) is 11.1 Å². The molecule has 0 saturated carbocycles. The Morgan fingerprint density at radius 3 is 2.11 bits per heavy atom. The van der Waals surface area contributed by atoms with Crippen LogP contribution < -0.4 is 11.5 Å². The maximum absolute atomic E-state index is 7.34. The summed E-state index contributed by atoms with van der Waals surface area (Å²) in [6, 6.07) is 13.9. The van der Waals surface area contributed by atoms with Gasteiger partial charge in [-0.25, -0.2) is 0 Å². The lowest BCUT2D eigenvalue weighted by atomic mass is 9.93. The van der Waals surface area contributed by atoms with Crippen molar-refractivity contribution >= 4 is 11.9 Å². The highest BCUT2D eigenvalue weighted by Gasteiger charge is 2.13. The number of hydrogen-bond donors (Lipinski definition) is 3. The lowest BCUT2D eigenvalue weighted by Gasteiger charge is -2.19. The second-order valence-electron chi connectivity index (χ2n) is 5.29. The molecule has 98 valence electrons. The van der Waals surface area contributed by atoms with Crippen molar-refractivity contribution in [3.05, 3.63) is 53.6 Å². The van der Waals surface area contributed by atoms with Crippen molar-refractivity contribution in [3.63, 3.8) is 0 Å². The van der Waals surface area contributed by atoms with E-state index in [2.05, 4.69) is 0 Å². The molecule has 5 N–H and O–H groups in total. The Hall–Kier alpha value is -2.13. The molecule has 19 heavy (non-hydrogen) atoms. The van der Waals surface area contributed by atoms with Crippen LogP contribution in [0.4, 0.5) is 5.69 Å². The van der Waals surface area contributed by atoms with Gasteiger partial charge in [0.1, 0.15) is 0 Å². The predicted molar refractivity (Wildman–Crippen MR) is 81.4 cm³/mol. The number of nitrogens with one attached hydrogen (secondary N) is 1. The molecule has 0 fully saturated rings. The summed E-state index contributed by atoms with van der Waals surface area (Å²) in [5.41, 5.74) is 16.1. The zero-order chi connectivity index (χ0) is 14.0. The van der Waals surface area contributed by atoms with Crippen LogP contribution in [0.1, 0.15) is 25.0 Å². The summed E-state index contributed by atoms with van der Waals surface area (Å²) < 4.78 is 0. The Kier molecular flexibility index (Phi) is 3.40. The van der Waals surface area contributed by atoms with Crippen molar-refractivity contribution < 1.29 is 0 Å². The number of nitrogens with two attached hydrogens (primary N) is 2. The van der Waals surface area contributed by atoms with Crippen LogP contribution in [0.2, 0.25) is 0 Å². The van der Waals surface area contributed by atoms with Crippen LogP contribution in [-0.2, 0) is 5.54 Å². The van der Waals surface area contributed by atoms with E-state index < -0.39 is 0 Å². The summed E-state index contributed by atoms with van der Waals surface area (Å²) >= 11 is 0. The van der Waals surface area contributed by atoms with Gasteiger partial charge in [-0.05, 0) is 42.7 Å². The molecule has 3 heteroatoms. The minimum absolute atomic E-state index is 0.334. The highest BCUT2D eigenvalue weighted by atomic mass is 14.7. The van der Waals surface area contributed by atoms with Crippen LogP contribution in [0.5, 0.6) is 0 Å². The van der Waals surface area contributed by atoms with Crippen molar-refractivity contribution in [1.29, 1.82) is 5.41 Å². The minimum Gasteiger partial charge on any atom is -0.398 e. The Labute approximate surface area is 113 Å². The first-order valence-corrected chi connectivity index (χ1v) is 6.21. The second kappa shape index (κ2) is 4.86. The maximum Gasteiger partial charge on any atom is 0.0403 e. The van der Waals surface area contributed by atoms with Crippen molar-refractivity contribution in [3.8, 4) is 11.1 Å². The van der Waals surface area contributed by atoms with E-state index in [0.29, 0.717) is 5.69 Å². The van der Waals surface area contributed by atoms with Crippen molar-refractivity contribution in [2.75, 3.05) is 5.73 Å². The highest BCUT2D eigenvalue weighted by molar-refractivity contribution is 5.87. The van der Waals surface area contributed by atoms with Crippen molar-refractivity contribution in [1.82, 2.24) is 0 Å². The SMILES string of the molecule is CC(C)(N)c1ccc(-c2ccc(N)c(C=N)c2)cc1. The molecule has 2 rings (SSSR count). The molecule has 0 radical (unpaired) electrons. The topological polar surface area (TPSA) is 75.9 Å². The molecule has 0 atom stereocenters. The van der Waals surface area contributed by atoms with E-state index >= 15 is 0 Å². The van der Waals surface area contributed by atoms with Gasteiger partial charge in [0.05, 0.1) is 0 Å². The molecule has 0 bridgehead atoms. The lowest BCUT2D eigenvalue weighted by molar-refractivity contribution is 0.554. The molecule has 2 aromatic rings. The van der Waals surface area contributed by atoms with E-state index in [1.54, 1.807) is 0 Å². The molecule has 0 aliphatic rings. The molecule has 0 saturated heterocycles. The molecule has 0 spiro atoms. The number of benzene rings is 2. The maximum atomic E-state index is 7.34. The fraction of sp³-hybridized carbons (Fsp3) is 0.188. The summed E-state index contributed by atoms with van der Waals surface area (Å²) in [6.07, 6.45) is 1.27. The second-order valence-corrected chi connectivity index (χ2v) is 5.29. The number of rotatable bonds is 3. The van der Waals surface area contributed by atoms with E-state index in [-0.39, 0.29) is 5.54 Å². The first-order valence-electron chi connectivity index (χ1n) is 6.21. The first-order chi connectivity index (χ1) is 8.91. The Morgan fingerprint density at radius 1 is 1.00 bits per heavy atom. The lowest BCUT2D eigenvalue weighted by Crippen LogP contribution is -2.28. The average Bonchev–Trinajstić information content (AvgIpc) is 2.38. The Bertz CT molecular complexity index is 592. The zero-order valence-corrected chi connectivity index (χ0v) is 11.3. The van der Waals surface area contributed by atoms with Gasteiger partial charge >= 0.3 is 0 Å². The number of hydrogen-bond acceptors (Lipinski definition) is 3. The molecular weight excluding hydrogens is 234 g/mol. The fourth-order valence-corrected chi connectivity index (χ4v) is 1.97. The summed E-state index contributed by atoms with van der Waals surface area (Å²) in [5, 5.41) is 7.34. The van der Waals surface area contributed by atoms with Crippen LogP contribution in [0, 0.1) is 5.41 Å². The van der Waals surface area contributed by atoms with Gasteiger partial charge in [0, 0.05) is 23.0 Å². The van der Waals surface area contributed by atoms with Gasteiger partial charge in [-0.3, -0.25) is 0 Å². The van der Waals surface area contributed by atoms with Crippen LogP contribution in [0.3, 0.4) is 0 Å². The standard InChI is InChI=1S/C16H19N3/c1-16(2,19)14-6-3-11(4-7-14)12-5-8-15(18)13(9-12)10-17/h3-10,17H,18-19H2,1-2H3. The molecule has 0 aromatic heterocycles. The highest BCUT2D eigenvalue weighted by Crippen LogP contribution is 2.25. The summed E-state index contributed by atoms with van der Waals surface area (Å²) in [4.78, 5) is 0. The molecule has 0 amide bonds. The number of nitrogen functional groups attached to an aromatic ring is 1. The normalized spacial score (nSPS) is 11.3. The van der Waals surface area contributed by atoms with Gasteiger partial charge in [-0.15, -0.1) is 0 Å². The third-order valence-corrected chi connectivity index (χ3v) is 3.20.